The zero-order chi connectivity index (χ0) is 17.9. The molecule has 3 saturated heterocycles. The molecule has 2 unspecified atom stereocenters. The Bertz CT molecular complexity index is 757. The van der Waals surface area contributed by atoms with E-state index < -0.39 is 12.2 Å². The lowest BCUT2D eigenvalue weighted by Crippen LogP contribution is -2.52. The molecule has 2 aromatic carbocycles. The van der Waals surface area contributed by atoms with E-state index >= 15 is 0 Å². The van der Waals surface area contributed by atoms with Gasteiger partial charge in [0, 0.05) is 12.1 Å². The molecule has 0 radical (unpaired) electrons. The Labute approximate surface area is 153 Å². The van der Waals surface area contributed by atoms with Gasteiger partial charge in [0.15, 0.2) is 0 Å². The van der Waals surface area contributed by atoms with Gasteiger partial charge in [-0.2, -0.15) is 0 Å². The van der Waals surface area contributed by atoms with Crippen LogP contribution in [0, 0.1) is 5.92 Å². The average molecular weight is 352 g/mol. The molecule has 2 bridgehead atoms. The molecule has 0 aliphatic carbocycles. The van der Waals surface area contributed by atoms with E-state index in [1.165, 1.54) is 0 Å². The molecule has 0 saturated carbocycles. The average Bonchev–Trinajstić information content (AvgIpc) is 2.69. The summed E-state index contributed by atoms with van der Waals surface area (Å²) in [4.78, 5) is 14.8. The number of hydrogen-bond acceptors (Lipinski definition) is 4. The lowest BCUT2D eigenvalue weighted by Gasteiger charge is -2.43. The second kappa shape index (κ2) is 7.48. The largest absolute Gasteiger partial charge is 0.444 e. The number of fused-ring (bicyclic) bond motifs is 3. The van der Waals surface area contributed by atoms with Crippen molar-refractivity contribution in [3.8, 4) is 0 Å². The van der Waals surface area contributed by atoms with Crippen molar-refractivity contribution in [3.05, 3.63) is 65.7 Å². The SMILES string of the molecule is O=C(Nc1ccccc1C(O)c1ccccc1)OC1CN2CCC1CC2. The van der Waals surface area contributed by atoms with E-state index in [2.05, 4.69) is 10.2 Å². The maximum atomic E-state index is 12.4. The van der Waals surface area contributed by atoms with Gasteiger partial charge in [-0.05, 0) is 43.5 Å². The Hall–Kier alpha value is -2.37. The molecule has 3 fully saturated rings. The van der Waals surface area contributed by atoms with Crippen LogP contribution in [0.4, 0.5) is 10.5 Å². The number of aliphatic hydroxyl groups excluding tert-OH is 1. The van der Waals surface area contributed by atoms with Crippen LogP contribution in [0.1, 0.15) is 30.1 Å². The lowest BCUT2D eigenvalue weighted by molar-refractivity contribution is -0.0289. The molecule has 5 heteroatoms. The normalized spacial score (nSPS) is 25.5. The maximum Gasteiger partial charge on any atom is 0.411 e. The fourth-order valence-electron chi connectivity index (χ4n) is 3.99. The summed E-state index contributed by atoms with van der Waals surface area (Å²) < 4.78 is 5.70. The Morgan fingerprint density at radius 2 is 1.77 bits per heavy atom. The fraction of sp³-hybridized carbons (Fsp3) is 0.381. The van der Waals surface area contributed by atoms with Crippen LogP contribution in [-0.4, -0.2) is 41.8 Å². The number of benzene rings is 2. The zero-order valence-corrected chi connectivity index (χ0v) is 14.7. The Morgan fingerprint density at radius 1 is 1.08 bits per heavy atom. The van der Waals surface area contributed by atoms with Crippen LogP contribution in [0.5, 0.6) is 0 Å². The number of anilines is 1. The van der Waals surface area contributed by atoms with Crippen LogP contribution in [0.2, 0.25) is 0 Å². The summed E-state index contributed by atoms with van der Waals surface area (Å²) >= 11 is 0. The van der Waals surface area contributed by atoms with Crippen molar-refractivity contribution in [1.82, 2.24) is 4.90 Å². The number of para-hydroxylation sites is 1. The van der Waals surface area contributed by atoms with Gasteiger partial charge in [0.2, 0.25) is 0 Å². The van der Waals surface area contributed by atoms with Gasteiger partial charge in [-0.15, -0.1) is 0 Å². The quantitative estimate of drug-likeness (QED) is 0.885. The third-order valence-corrected chi connectivity index (χ3v) is 5.46. The van der Waals surface area contributed by atoms with Gasteiger partial charge < -0.3 is 9.84 Å². The standard InChI is InChI=1S/C21H24N2O3/c24-20(16-6-2-1-3-7-16)17-8-4-5-9-18(17)22-21(25)26-19-14-23-12-10-15(19)11-13-23/h1-9,15,19-20,24H,10-14H2,(H,22,25). The summed E-state index contributed by atoms with van der Waals surface area (Å²) in [5.74, 6) is 0.468. The van der Waals surface area contributed by atoms with Gasteiger partial charge in [0.05, 0.1) is 5.69 Å². The highest BCUT2D eigenvalue weighted by molar-refractivity contribution is 5.86. The minimum Gasteiger partial charge on any atom is -0.444 e. The highest BCUT2D eigenvalue weighted by Crippen LogP contribution is 2.31. The van der Waals surface area contributed by atoms with Gasteiger partial charge in [0.25, 0.3) is 0 Å². The predicted molar refractivity (Wildman–Crippen MR) is 100 cm³/mol. The molecule has 2 N–H and O–H groups in total. The van der Waals surface area contributed by atoms with Gasteiger partial charge in [-0.25, -0.2) is 4.79 Å². The van der Waals surface area contributed by atoms with E-state index in [9.17, 15) is 9.90 Å². The molecule has 2 atom stereocenters. The van der Waals surface area contributed by atoms with Gasteiger partial charge in [-0.1, -0.05) is 48.5 Å². The molecule has 2 aromatic rings. The van der Waals surface area contributed by atoms with Gasteiger partial charge in [-0.3, -0.25) is 10.2 Å². The first-order valence-corrected chi connectivity index (χ1v) is 9.22. The van der Waals surface area contributed by atoms with Crippen molar-refractivity contribution in [1.29, 1.82) is 0 Å². The first kappa shape index (κ1) is 17.1. The second-order valence-electron chi connectivity index (χ2n) is 7.11. The monoisotopic (exact) mass is 352 g/mol. The lowest BCUT2D eigenvalue weighted by atomic mass is 9.86. The van der Waals surface area contributed by atoms with E-state index in [0.29, 0.717) is 17.2 Å². The molecular formula is C21H24N2O3. The van der Waals surface area contributed by atoms with E-state index in [1.807, 2.05) is 48.5 Å². The summed E-state index contributed by atoms with van der Waals surface area (Å²) in [5, 5.41) is 13.5. The third-order valence-electron chi connectivity index (χ3n) is 5.46. The van der Waals surface area contributed by atoms with Crippen LogP contribution in [-0.2, 0) is 4.74 Å². The summed E-state index contributed by atoms with van der Waals surface area (Å²) in [7, 11) is 0. The topological polar surface area (TPSA) is 61.8 Å². The molecule has 0 aromatic heterocycles. The number of nitrogens with zero attached hydrogens (tertiary/aromatic N) is 1. The number of rotatable bonds is 4. The van der Waals surface area contributed by atoms with Crippen LogP contribution >= 0.6 is 0 Å². The van der Waals surface area contributed by atoms with Crippen molar-refractivity contribution in [2.75, 3.05) is 25.0 Å². The minimum absolute atomic E-state index is 0.0382. The van der Waals surface area contributed by atoms with E-state index in [1.54, 1.807) is 6.07 Å². The highest BCUT2D eigenvalue weighted by atomic mass is 16.6. The summed E-state index contributed by atoms with van der Waals surface area (Å²) in [6, 6.07) is 16.7. The maximum absolute atomic E-state index is 12.4. The number of hydrogen-bond donors (Lipinski definition) is 2. The van der Waals surface area contributed by atoms with Crippen LogP contribution in [0.3, 0.4) is 0 Å². The molecule has 26 heavy (non-hydrogen) atoms. The highest BCUT2D eigenvalue weighted by Gasteiger charge is 2.36. The van der Waals surface area contributed by atoms with E-state index in [4.69, 9.17) is 4.74 Å². The van der Waals surface area contributed by atoms with E-state index in [-0.39, 0.29) is 6.10 Å². The number of aliphatic hydroxyl groups is 1. The first-order valence-electron chi connectivity index (χ1n) is 9.22. The molecule has 5 rings (SSSR count). The molecule has 3 heterocycles. The number of amides is 1. The minimum atomic E-state index is -0.801. The van der Waals surface area contributed by atoms with Crippen molar-refractivity contribution in [2.45, 2.75) is 25.0 Å². The number of carbonyl (C=O) groups is 1. The Morgan fingerprint density at radius 3 is 2.46 bits per heavy atom. The summed E-state index contributed by atoms with van der Waals surface area (Å²) in [6.07, 6.45) is 0.910. The van der Waals surface area contributed by atoms with Crippen LogP contribution < -0.4 is 5.32 Å². The molecule has 0 spiro atoms. The molecule has 3 aliphatic heterocycles. The van der Waals surface area contributed by atoms with Crippen LogP contribution in [0.15, 0.2) is 54.6 Å². The van der Waals surface area contributed by atoms with Gasteiger partial charge >= 0.3 is 6.09 Å². The zero-order valence-electron chi connectivity index (χ0n) is 14.7. The first-order chi connectivity index (χ1) is 12.7. The molecule has 5 nitrogen and oxygen atoms in total. The number of ether oxygens (including phenoxy) is 1. The second-order valence-corrected chi connectivity index (χ2v) is 7.11. The van der Waals surface area contributed by atoms with Crippen molar-refractivity contribution >= 4 is 11.8 Å². The molecule has 136 valence electrons. The Kier molecular flexibility index (Phi) is 4.91. The molecule has 1 amide bonds. The van der Waals surface area contributed by atoms with Crippen LogP contribution in [0.25, 0.3) is 0 Å². The van der Waals surface area contributed by atoms with Crippen molar-refractivity contribution in [3.63, 3.8) is 0 Å². The summed E-state index contributed by atoms with van der Waals surface area (Å²) in [5.41, 5.74) is 2.02. The summed E-state index contributed by atoms with van der Waals surface area (Å²) in [6.45, 7) is 3.04. The molecular weight excluding hydrogens is 328 g/mol. The molecule has 3 aliphatic rings. The smallest absolute Gasteiger partial charge is 0.411 e. The fourth-order valence-corrected chi connectivity index (χ4v) is 3.99. The Balaban J connectivity index is 1.46. The third kappa shape index (κ3) is 3.59. The number of piperidine rings is 3. The van der Waals surface area contributed by atoms with Crippen molar-refractivity contribution in [2.24, 2.45) is 5.92 Å². The number of nitrogens with one attached hydrogen (secondary N) is 1. The van der Waals surface area contributed by atoms with E-state index in [0.717, 1.165) is 38.0 Å². The van der Waals surface area contributed by atoms with Crippen molar-refractivity contribution < 1.29 is 14.6 Å². The van der Waals surface area contributed by atoms with Gasteiger partial charge in [0.1, 0.15) is 12.2 Å². The predicted octanol–water partition coefficient (Wildman–Crippen LogP) is 3.41. The number of carbonyl (C=O) groups excluding carboxylic acids is 1.